The van der Waals surface area contributed by atoms with Gasteiger partial charge in [0.1, 0.15) is 0 Å². The molecular formula is C6H7F2. The summed E-state index contributed by atoms with van der Waals surface area (Å²) in [6.07, 6.45) is 2.45. The molecule has 0 amide bonds. The van der Waals surface area contributed by atoms with E-state index < -0.39 is 6.08 Å². The molecule has 0 unspecified atom stereocenters. The van der Waals surface area contributed by atoms with Crippen LogP contribution in [0.25, 0.3) is 0 Å². The molecule has 0 aromatic rings. The first-order valence-corrected chi connectivity index (χ1v) is 2.24. The highest BCUT2D eigenvalue weighted by molar-refractivity contribution is 5.02. The van der Waals surface area contributed by atoms with Crippen LogP contribution in [-0.2, 0) is 0 Å². The van der Waals surface area contributed by atoms with Crippen LogP contribution in [0.5, 0.6) is 0 Å². The molecule has 0 saturated carbocycles. The van der Waals surface area contributed by atoms with Crippen molar-refractivity contribution < 1.29 is 8.78 Å². The van der Waals surface area contributed by atoms with E-state index >= 15 is 0 Å². The SMILES string of the molecule is [CH2]C/C=C/C=C(F)F. The zero-order valence-corrected chi connectivity index (χ0v) is 4.40. The van der Waals surface area contributed by atoms with Gasteiger partial charge in [0.2, 0.25) is 0 Å². The minimum Gasteiger partial charge on any atom is -0.173 e. The smallest absolute Gasteiger partial charge is 0.173 e. The molecule has 0 aromatic carbocycles. The fourth-order valence-corrected chi connectivity index (χ4v) is 0.237. The number of hydrogen-bond acceptors (Lipinski definition) is 0. The van der Waals surface area contributed by atoms with Gasteiger partial charge in [0.15, 0.2) is 0 Å². The van der Waals surface area contributed by atoms with Crippen LogP contribution in [0.4, 0.5) is 8.78 Å². The Labute approximate surface area is 47.5 Å². The Bertz CT molecular complexity index is 99.1. The summed E-state index contributed by atoms with van der Waals surface area (Å²) >= 11 is 0. The Balaban J connectivity index is 3.42. The van der Waals surface area contributed by atoms with Gasteiger partial charge in [-0.3, -0.25) is 0 Å². The van der Waals surface area contributed by atoms with Gasteiger partial charge in [-0.05, 0) is 13.3 Å². The van der Waals surface area contributed by atoms with Crippen molar-refractivity contribution in [3.8, 4) is 0 Å². The zero-order valence-electron chi connectivity index (χ0n) is 4.40. The molecule has 0 atom stereocenters. The lowest BCUT2D eigenvalue weighted by Crippen LogP contribution is -1.54. The molecule has 1 radical (unpaired) electrons. The monoisotopic (exact) mass is 117 g/mol. The third-order valence-electron chi connectivity index (χ3n) is 0.525. The van der Waals surface area contributed by atoms with Crippen molar-refractivity contribution in [2.45, 2.75) is 6.42 Å². The lowest BCUT2D eigenvalue weighted by molar-refractivity contribution is 0.422. The Morgan fingerprint density at radius 3 is 2.50 bits per heavy atom. The predicted octanol–water partition coefficient (Wildman–Crippen LogP) is 2.55. The summed E-state index contributed by atoms with van der Waals surface area (Å²) in [5.41, 5.74) is 0. The molecule has 0 N–H and O–H groups in total. The Morgan fingerprint density at radius 2 is 2.12 bits per heavy atom. The molecule has 45 valence electrons. The summed E-state index contributed by atoms with van der Waals surface area (Å²) in [5.74, 6) is 0. The second-order valence-electron chi connectivity index (χ2n) is 1.17. The van der Waals surface area contributed by atoms with E-state index in [1.807, 2.05) is 0 Å². The van der Waals surface area contributed by atoms with E-state index in [4.69, 9.17) is 0 Å². The van der Waals surface area contributed by atoms with Crippen LogP contribution >= 0.6 is 0 Å². The topological polar surface area (TPSA) is 0 Å². The lowest BCUT2D eigenvalue weighted by atomic mass is 10.4. The van der Waals surface area contributed by atoms with Gasteiger partial charge in [-0.1, -0.05) is 12.2 Å². The summed E-state index contributed by atoms with van der Waals surface area (Å²) in [7, 11) is 0. The van der Waals surface area contributed by atoms with Crippen molar-refractivity contribution in [1.82, 2.24) is 0 Å². The van der Waals surface area contributed by atoms with Crippen molar-refractivity contribution in [1.29, 1.82) is 0 Å². The van der Waals surface area contributed by atoms with Crippen molar-refractivity contribution in [3.63, 3.8) is 0 Å². The van der Waals surface area contributed by atoms with E-state index in [0.717, 1.165) is 6.08 Å². The molecule has 2 heteroatoms. The minimum absolute atomic E-state index is 0.545. The fraction of sp³-hybridized carbons (Fsp3) is 0.167. The average Bonchev–Trinajstić information content (AvgIpc) is 1.66. The number of halogens is 2. The van der Waals surface area contributed by atoms with Crippen molar-refractivity contribution in [2.24, 2.45) is 0 Å². The van der Waals surface area contributed by atoms with Gasteiger partial charge in [-0.2, -0.15) is 8.78 Å². The Kier molecular flexibility index (Phi) is 4.13. The van der Waals surface area contributed by atoms with Crippen molar-refractivity contribution in [2.75, 3.05) is 0 Å². The average molecular weight is 117 g/mol. The van der Waals surface area contributed by atoms with Crippen LogP contribution in [-0.4, -0.2) is 0 Å². The van der Waals surface area contributed by atoms with E-state index in [1.54, 1.807) is 6.08 Å². The van der Waals surface area contributed by atoms with Crippen molar-refractivity contribution in [3.05, 3.63) is 31.2 Å². The molecule has 0 bridgehead atoms. The minimum atomic E-state index is -1.67. The van der Waals surface area contributed by atoms with Crippen LogP contribution in [0, 0.1) is 6.92 Å². The molecule has 0 aliphatic heterocycles. The van der Waals surface area contributed by atoms with Crippen LogP contribution in [0.3, 0.4) is 0 Å². The highest BCUT2D eigenvalue weighted by Gasteiger charge is 1.78. The molecule has 0 saturated heterocycles. The summed E-state index contributed by atoms with van der Waals surface area (Å²) in [5, 5.41) is 0. The van der Waals surface area contributed by atoms with E-state index in [0.29, 0.717) is 6.42 Å². The molecule has 0 fully saturated rings. The maximum absolute atomic E-state index is 11.1. The summed E-state index contributed by atoms with van der Waals surface area (Å²) in [6.45, 7) is 3.42. The lowest BCUT2D eigenvalue weighted by Gasteiger charge is -1.72. The van der Waals surface area contributed by atoms with E-state index in [9.17, 15) is 8.78 Å². The standard InChI is InChI=1S/C6H7F2/c1-2-3-4-5-6(7)8/h3-5H,1-2H2/b4-3+. The Morgan fingerprint density at radius 1 is 1.50 bits per heavy atom. The summed E-state index contributed by atoms with van der Waals surface area (Å²) < 4.78 is 22.3. The van der Waals surface area contributed by atoms with E-state index in [1.165, 1.54) is 6.08 Å². The highest BCUT2D eigenvalue weighted by Crippen LogP contribution is 1.95. The molecule has 0 aromatic heterocycles. The van der Waals surface area contributed by atoms with Gasteiger partial charge in [-0.25, -0.2) is 0 Å². The molecule has 8 heavy (non-hydrogen) atoms. The van der Waals surface area contributed by atoms with Crippen LogP contribution in [0.1, 0.15) is 6.42 Å². The van der Waals surface area contributed by atoms with Gasteiger partial charge >= 0.3 is 0 Å². The quantitative estimate of drug-likeness (QED) is 0.487. The van der Waals surface area contributed by atoms with Crippen LogP contribution < -0.4 is 0 Å². The molecule has 0 aliphatic rings. The molecule has 0 rings (SSSR count). The largest absolute Gasteiger partial charge is 0.270 e. The zero-order chi connectivity index (χ0) is 6.41. The van der Waals surface area contributed by atoms with Crippen LogP contribution in [0.2, 0.25) is 0 Å². The third kappa shape index (κ3) is 5.34. The first-order valence-electron chi connectivity index (χ1n) is 2.24. The summed E-state index contributed by atoms with van der Waals surface area (Å²) in [6, 6.07) is 0. The first-order chi connectivity index (χ1) is 3.77. The third-order valence-corrected chi connectivity index (χ3v) is 0.525. The highest BCUT2D eigenvalue weighted by atomic mass is 19.3. The maximum atomic E-state index is 11.1. The molecule has 0 nitrogen and oxygen atoms in total. The number of allylic oxidation sites excluding steroid dienone is 3. The van der Waals surface area contributed by atoms with Gasteiger partial charge in [-0.15, -0.1) is 0 Å². The molecule has 0 spiro atoms. The Hall–Kier alpha value is -0.660. The van der Waals surface area contributed by atoms with E-state index in [2.05, 4.69) is 6.92 Å². The second-order valence-corrected chi connectivity index (χ2v) is 1.17. The molecule has 0 heterocycles. The number of hydrogen-bond donors (Lipinski definition) is 0. The van der Waals surface area contributed by atoms with Gasteiger partial charge in [0, 0.05) is 6.08 Å². The van der Waals surface area contributed by atoms with Crippen molar-refractivity contribution >= 4 is 0 Å². The maximum Gasteiger partial charge on any atom is 0.270 e. The van der Waals surface area contributed by atoms with Gasteiger partial charge < -0.3 is 0 Å². The number of rotatable bonds is 2. The second kappa shape index (κ2) is 4.50. The van der Waals surface area contributed by atoms with Gasteiger partial charge in [0.25, 0.3) is 6.08 Å². The van der Waals surface area contributed by atoms with Crippen LogP contribution in [0.15, 0.2) is 24.3 Å². The van der Waals surface area contributed by atoms with Gasteiger partial charge in [0.05, 0.1) is 0 Å². The predicted molar refractivity (Wildman–Crippen MR) is 29.4 cm³/mol. The summed E-state index contributed by atoms with van der Waals surface area (Å²) in [4.78, 5) is 0. The fourth-order valence-electron chi connectivity index (χ4n) is 0.237. The molecular weight excluding hydrogens is 110 g/mol. The normalized spacial score (nSPS) is 9.88. The van der Waals surface area contributed by atoms with E-state index in [-0.39, 0.29) is 0 Å². The molecule has 0 aliphatic carbocycles. The first kappa shape index (κ1) is 7.34.